The molecule has 4 rings (SSSR count). The van der Waals surface area contributed by atoms with Gasteiger partial charge in [0.25, 0.3) is 0 Å². The number of hydrogen-bond acceptors (Lipinski definition) is 4. The van der Waals surface area contributed by atoms with Gasteiger partial charge in [0.1, 0.15) is 13.2 Å². The normalized spacial score (nSPS) is 13.2. The van der Waals surface area contributed by atoms with Gasteiger partial charge in [-0.25, -0.2) is 0 Å². The highest BCUT2D eigenvalue weighted by atomic mass is 35.5. The first-order valence-corrected chi connectivity index (χ1v) is 9.94. The van der Waals surface area contributed by atoms with Crippen LogP contribution in [0, 0.1) is 11.3 Å². The average molecular weight is 419 g/mol. The van der Waals surface area contributed by atoms with Crippen LogP contribution in [0.25, 0.3) is 0 Å². The topological polar surface area (TPSA) is 71.4 Å². The molecule has 3 aromatic rings. The predicted molar refractivity (Wildman–Crippen MR) is 115 cm³/mol. The molecule has 0 spiro atoms. The van der Waals surface area contributed by atoms with Crippen LogP contribution in [-0.4, -0.2) is 19.1 Å². The van der Waals surface area contributed by atoms with E-state index in [0.29, 0.717) is 41.0 Å². The van der Waals surface area contributed by atoms with Crippen molar-refractivity contribution in [2.45, 2.75) is 12.3 Å². The minimum Gasteiger partial charge on any atom is -0.486 e. The molecule has 1 aliphatic heterocycles. The third-order valence-electron chi connectivity index (χ3n) is 4.83. The predicted octanol–water partition coefficient (Wildman–Crippen LogP) is 4.95. The Kier molecular flexibility index (Phi) is 5.87. The number of fused-ring (bicyclic) bond motifs is 1. The zero-order valence-electron chi connectivity index (χ0n) is 16.1. The van der Waals surface area contributed by atoms with Gasteiger partial charge in [-0.2, -0.15) is 5.26 Å². The SMILES string of the molecule is N#CC(c1ccccc1)c1ccc(NC(=O)Cc2ccc3c(c2)OCCO3)cc1Cl. The van der Waals surface area contributed by atoms with Crippen LogP contribution in [0.15, 0.2) is 66.7 Å². The van der Waals surface area contributed by atoms with Gasteiger partial charge in [-0.1, -0.05) is 54.1 Å². The van der Waals surface area contributed by atoms with Crippen LogP contribution in [0.3, 0.4) is 0 Å². The number of anilines is 1. The standard InChI is InChI=1S/C24H19ClN2O3/c25-21-14-18(7-8-19(21)20(15-26)17-4-2-1-3-5-17)27-24(28)13-16-6-9-22-23(12-16)30-11-10-29-22/h1-9,12,14,20H,10-11,13H2,(H,27,28). The third kappa shape index (κ3) is 4.40. The van der Waals surface area contributed by atoms with E-state index in [2.05, 4.69) is 11.4 Å². The van der Waals surface area contributed by atoms with Crippen LogP contribution in [-0.2, 0) is 11.2 Å². The number of nitriles is 1. The van der Waals surface area contributed by atoms with Crippen LogP contribution in [0.5, 0.6) is 11.5 Å². The molecule has 1 amide bonds. The van der Waals surface area contributed by atoms with E-state index in [9.17, 15) is 10.1 Å². The molecule has 0 fully saturated rings. The van der Waals surface area contributed by atoms with Crippen LogP contribution in [0.1, 0.15) is 22.6 Å². The molecule has 0 saturated heterocycles. The Morgan fingerprint density at radius 2 is 1.80 bits per heavy atom. The lowest BCUT2D eigenvalue weighted by molar-refractivity contribution is -0.115. The summed E-state index contributed by atoms with van der Waals surface area (Å²) in [6.07, 6.45) is 0.195. The van der Waals surface area contributed by atoms with Crippen LogP contribution < -0.4 is 14.8 Å². The molecular weight excluding hydrogens is 400 g/mol. The van der Waals surface area contributed by atoms with Gasteiger partial charge in [-0.3, -0.25) is 4.79 Å². The lowest BCUT2D eigenvalue weighted by atomic mass is 9.92. The molecule has 150 valence electrons. The Labute approximate surface area is 179 Å². The fourth-order valence-electron chi connectivity index (χ4n) is 3.40. The maximum atomic E-state index is 12.5. The van der Waals surface area contributed by atoms with Gasteiger partial charge in [0.2, 0.25) is 5.91 Å². The summed E-state index contributed by atoms with van der Waals surface area (Å²) in [6.45, 7) is 1.03. The number of amides is 1. The molecule has 0 bridgehead atoms. The van der Waals surface area contributed by atoms with Crippen LogP contribution >= 0.6 is 11.6 Å². The fourth-order valence-corrected chi connectivity index (χ4v) is 3.69. The number of ether oxygens (including phenoxy) is 2. The summed E-state index contributed by atoms with van der Waals surface area (Å²) < 4.78 is 11.1. The molecule has 6 heteroatoms. The second kappa shape index (κ2) is 8.89. The monoisotopic (exact) mass is 418 g/mol. The molecule has 1 aliphatic rings. The molecule has 3 aromatic carbocycles. The van der Waals surface area contributed by atoms with E-state index in [-0.39, 0.29) is 12.3 Å². The number of halogens is 1. The van der Waals surface area contributed by atoms with E-state index in [0.717, 1.165) is 11.1 Å². The second-order valence-corrected chi connectivity index (χ2v) is 7.32. The Morgan fingerprint density at radius 3 is 2.53 bits per heavy atom. The molecule has 1 heterocycles. The molecule has 1 N–H and O–H groups in total. The third-order valence-corrected chi connectivity index (χ3v) is 5.16. The van der Waals surface area contributed by atoms with Crippen molar-refractivity contribution in [1.82, 2.24) is 0 Å². The summed E-state index contributed by atoms with van der Waals surface area (Å²) >= 11 is 6.44. The highest BCUT2D eigenvalue weighted by Gasteiger charge is 2.17. The zero-order chi connectivity index (χ0) is 20.9. The van der Waals surface area contributed by atoms with Crippen molar-refractivity contribution in [3.05, 3.63) is 88.4 Å². The van der Waals surface area contributed by atoms with Crippen molar-refractivity contribution in [2.24, 2.45) is 0 Å². The van der Waals surface area contributed by atoms with Crippen molar-refractivity contribution in [2.75, 3.05) is 18.5 Å². The first-order valence-electron chi connectivity index (χ1n) is 9.56. The van der Waals surface area contributed by atoms with Gasteiger partial charge < -0.3 is 14.8 Å². The lowest BCUT2D eigenvalue weighted by Gasteiger charge is -2.18. The first kappa shape index (κ1) is 19.8. The van der Waals surface area contributed by atoms with Gasteiger partial charge in [0.05, 0.1) is 18.4 Å². The zero-order valence-corrected chi connectivity index (χ0v) is 16.9. The molecule has 1 unspecified atom stereocenters. The Hall–Kier alpha value is -3.49. The van der Waals surface area contributed by atoms with E-state index in [1.165, 1.54) is 0 Å². The summed E-state index contributed by atoms with van der Waals surface area (Å²) in [5, 5.41) is 12.9. The second-order valence-electron chi connectivity index (χ2n) is 6.91. The average Bonchev–Trinajstić information content (AvgIpc) is 2.76. The number of nitrogens with one attached hydrogen (secondary N) is 1. The van der Waals surface area contributed by atoms with Crippen molar-refractivity contribution in [1.29, 1.82) is 5.26 Å². The van der Waals surface area contributed by atoms with Gasteiger partial charge in [-0.15, -0.1) is 0 Å². The van der Waals surface area contributed by atoms with Gasteiger partial charge in [0.15, 0.2) is 11.5 Å². The Balaban J connectivity index is 1.46. The minimum absolute atomic E-state index is 0.171. The maximum absolute atomic E-state index is 12.5. The molecule has 0 saturated carbocycles. The summed E-state index contributed by atoms with van der Waals surface area (Å²) in [7, 11) is 0. The molecule has 0 aromatic heterocycles. The first-order chi connectivity index (χ1) is 14.6. The molecule has 30 heavy (non-hydrogen) atoms. The number of benzene rings is 3. The summed E-state index contributed by atoms with van der Waals surface area (Å²) in [5.41, 5.74) is 2.98. The highest BCUT2D eigenvalue weighted by Crippen LogP contribution is 2.33. The van der Waals surface area contributed by atoms with Gasteiger partial charge in [-0.05, 0) is 41.0 Å². The lowest BCUT2D eigenvalue weighted by Crippen LogP contribution is -2.17. The number of carbonyl (C=O) groups is 1. The van der Waals surface area contributed by atoms with Crippen molar-refractivity contribution in [3.63, 3.8) is 0 Å². The smallest absolute Gasteiger partial charge is 0.228 e. The Bertz CT molecular complexity index is 1110. The molecule has 1 atom stereocenters. The summed E-state index contributed by atoms with van der Waals surface area (Å²) in [6, 6.07) is 22.5. The minimum atomic E-state index is -0.471. The van der Waals surface area contributed by atoms with Crippen LogP contribution in [0.2, 0.25) is 5.02 Å². The molecule has 5 nitrogen and oxygen atoms in total. The van der Waals surface area contributed by atoms with Crippen molar-refractivity contribution < 1.29 is 14.3 Å². The van der Waals surface area contributed by atoms with Gasteiger partial charge >= 0.3 is 0 Å². The van der Waals surface area contributed by atoms with E-state index in [1.54, 1.807) is 18.2 Å². The number of hydrogen-bond donors (Lipinski definition) is 1. The quantitative estimate of drug-likeness (QED) is 0.636. The number of rotatable bonds is 5. The maximum Gasteiger partial charge on any atom is 0.228 e. The molecule has 0 radical (unpaired) electrons. The highest BCUT2D eigenvalue weighted by molar-refractivity contribution is 6.31. The number of carbonyl (C=O) groups excluding carboxylic acids is 1. The van der Waals surface area contributed by atoms with Gasteiger partial charge in [0, 0.05) is 10.7 Å². The number of nitrogens with zero attached hydrogens (tertiary/aromatic N) is 1. The van der Waals surface area contributed by atoms with E-state index in [4.69, 9.17) is 21.1 Å². The van der Waals surface area contributed by atoms with E-state index < -0.39 is 5.92 Å². The van der Waals surface area contributed by atoms with Crippen molar-refractivity contribution >= 4 is 23.2 Å². The summed E-state index contributed by atoms with van der Waals surface area (Å²) in [4.78, 5) is 12.5. The summed E-state index contributed by atoms with van der Waals surface area (Å²) in [5.74, 6) is 0.706. The Morgan fingerprint density at radius 1 is 1.03 bits per heavy atom. The van der Waals surface area contributed by atoms with Crippen LogP contribution in [0.4, 0.5) is 5.69 Å². The molecular formula is C24H19ClN2O3. The largest absolute Gasteiger partial charge is 0.486 e. The van der Waals surface area contributed by atoms with Crippen molar-refractivity contribution in [3.8, 4) is 17.6 Å². The fraction of sp³-hybridized carbons (Fsp3) is 0.167. The van der Waals surface area contributed by atoms with E-state index >= 15 is 0 Å². The van der Waals surface area contributed by atoms with E-state index in [1.807, 2.05) is 48.5 Å². The molecule has 0 aliphatic carbocycles.